The minimum absolute atomic E-state index is 0.0163. The molecule has 2 heterocycles. The van der Waals surface area contributed by atoms with Crippen molar-refractivity contribution in [3.05, 3.63) is 71.9 Å². The zero-order valence-corrected chi connectivity index (χ0v) is 21.6. The number of rotatable bonds is 5. The van der Waals surface area contributed by atoms with Crippen molar-refractivity contribution in [2.75, 3.05) is 10.8 Å². The summed E-state index contributed by atoms with van der Waals surface area (Å²) in [5, 5.41) is 9.36. The maximum atomic E-state index is 13.8. The zero-order chi connectivity index (χ0) is 30.0. The lowest BCUT2D eigenvalue weighted by Gasteiger charge is -2.47. The lowest BCUT2D eigenvalue weighted by molar-refractivity contribution is -0.150. The molecule has 1 fully saturated rings. The number of aromatic nitrogens is 1. The summed E-state index contributed by atoms with van der Waals surface area (Å²) in [6, 6.07) is 10.2. The van der Waals surface area contributed by atoms with E-state index in [0.29, 0.717) is 12.1 Å². The summed E-state index contributed by atoms with van der Waals surface area (Å²) in [5.74, 6) is -1.75. The van der Waals surface area contributed by atoms with Crippen LogP contribution in [-0.4, -0.2) is 42.7 Å². The fourth-order valence-corrected chi connectivity index (χ4v) is 6.46. The summed E-state index contributed by atoms with van der Waals surface area (Å²) in [5.41, 5.74) is 1.78. The number of benzene rings is 2. The smallest absolute Gasteiger partial charge is 0.433 e. The van der Waals surface area contributed by atoms with Crippen LogP contribution >= 0.6 is 0 Å². The Morgan fingerprint density at radius 2 is 1.68 bits per heavy atom. The average molecular weight is 602 g/mol. The number of alkyl halides is 6. The van der Waals surface area contributed by atoms with Crippen molar-refractivity contribution in [2.45, 2.75) is 41.7 Å². The number of hydrogen-bond acceptors (Lipinski definition) is 6. The number of sulfonamides is 1. The van der Waals surface area contributed by atoms with Crippen LogP contribution in [-0.2, 0) is 27.2 Å². The Balaban J connectivity index is 1.59. The van der Waals surface area contributed by atoms with Gasteiger partial charge in [0.15, 0.2) is 0 Å². The minimum atomic E-state index is -4.83. The van der Waals surface area contributed by atoms with Crippen LogP contribution in [0.25, 0.3) is 11.3 Å². The van der Waals surface area contributed by atoms with E-state index in [-0.39, 0.29) is 35.5 Å². The molecule has 218 valence electrons. The fraction of sp³-hybridized carbons (Fsp3) is 0.308. The van der Waals surface area contributed by atoms with Crippen molar-refractivity contribution in [1.82, 2.24) is 4.98 Å². The highest BCUT2D eigenvalue weighted by Crippen LogP contribution is 2.46. The van der Waals surface area contributed by atoms with Crippen LogP contribution in [0.5, 0.6) is 5.75 Å². The second-order valence-electron chi connectivity index (χ2n) is 9.94. The Morgan fingerprint density at radius 3 is 2.32 bits per heavy atom. The van der Waals surface area contributed by atoms with E-state index >= 15 is 0 Å². The van der Waals surface area contributed by atoms with E-state index < -0.39 is 68.6 Å². The predicted octanol–water partition coefficient (Wildman–Crippen LogP) is 4.93. The summed E-state index contributed by atoms with van der Waals surface area (Å²) >= 11 is 0. The largest absolute Gasteiger partial charge is 0.486 e. The van der Waals surface area contributed by atoms with Crippen molar-refractivity contribution in [2.24, 2.45) is 11.7 Å². The molecule has 8 nitrogen and oxygen atoms in total. The Morgan fingerprint density at radius 1 is 1.00 bits per heavy atom. The van der Waals surface area contributed by atoms with Crippen molar-refractivity contribution < 1.29 is 49.4 Å². The normalized spacial score (nSPS) is 22.9. The molecule has 1 atom stereocenters. The molecule has 0 bridgehead atoms. The zero-order valence-electron chi connectivity index (χ0n) is 20.8. The number of nitrogens with zero attached hydrogens (tertiary/aromatic N) is 2. The standard InChI is InChI=1S/C26H21F6N3O5S/c27-25(28,29)16-3-1-4-17(10-16)41(38,39)35-13-21(15-11-24(33,12-15)23(36)37)40-20-8-7-14(9-19(20)35)18-5-2-6-22(34-18)26(30,31)32/h1-10,15,21H,11-13,33H2,(H,36,37)/t15?,21-,24?/m1/s1. The van der Waals surface area contributed by atoms with Crippen molar-refractivity contribution >= 4 is 21.7 Å². The molecular weight excluding hydrogens is 580 g/mol. The topological polar surface area (TPSA) is 123 Å². The number of ether oxygens (including phenoxy) is 1. The van der Waals surface area contributed by atoms with Gasteiger partial charge in [-0.25, -0.2) is 13.4 Å². The highest BCUT2D eigenvalue weighted by Gasteiger charge is 2.52. The van der Waals surface area contributed by atoms with Gasteiger partial charge >= 0.3 is 18.3 Å². The van der Waals surface area contributed by atoms with Gasteiger partial charge < -0.3 is 15.6 Å². The maximum Gasteiger partial charge on any atom is 0.433 e. The molecule has 15 heteroatoms. The van der Waals surface area contributed by atoms with Gasteiger partial charge in [0.1, 0.15) is 23.1 Å². The third-order valence-corrected chi connectivity index (χ3v) is 8.92. The number of aliphatic carboxylic acids is 1. The van der Waals surface area contributed by atoms with E-state index in [1.165, 1.54) is 24.3 Å². The van der Waals surface area contributed by atoms with Gasteiger partial charge in [0, 0.05) is 11.5 Å². The van der Waals surface area contributed by atoms with Gasteiger partial charge in [-0.3, -0.25) is 9.10 Å². The average Bonchev–Trinajstić information content (AvgIpc) is 2.89. The molecule has 1 aliphatic heterocycles. The summed E-state index contributed by atoms with van der Waals surface area (Å²) in [6.45, 7) is -0.411. The first-order valence-corrected chi connectivity index (χ1v) is 13.5. The Kier molecular flexibility index (Phi) is 6.72. The van der Waals surface area contributed by atoms with E-state index in [2.05, 4.69) is 4.98 Å². The lowest BCUT2D eigenvalue weighted by atomic mass is 9.66. The lowest BCUT2D eigenvalue weighted by Crippen LogP contribution is -2.62. The molecule has 1 aliphatic carbocycles. The molecule has 3 N–H and O–H groups in total. The monoisotopic (exact) mass is 601 g/mol. The number of hydrogen-bond donors (Lipinski definition) is 2. The van der Waals surface area contributed by atoms with Gasteiger partial charge in [-0.05, 0) is 61.4 Å². The number of carbonyl (C=O) groups is 1. The molecule has 2 aromatic carbocycles. The first-order chi connectivity index (χ1) is 19.0. The first kappa shape index (κ1) is 28.7. The van der Waals surface area contributed by atoms with Crippen LogP contribution in [0, 0.1) is 5.92 Å². The number of fused-ring (bicyclic) bond motifs is 1. The van der Waals surface area contributed by atoms with E-state index in [1.807, 2.05) is 0 Å². The van der Waals surface area contributed by atoms with Crippen LogP contribution in [0.2, 0.25) is 0 Å². The van der Waals surface area contributed by atoms with Crippen LogP contribution in [0.15, 0.2) is 65.6 Å². The number of nitrogens with two attached hydrogens (primary N) is 1. The molecule has 5 rings (SSSR count). The van der Waals surface area contributed by atoms with E-state index in [0.717, 1.165) is 28.6 Å². The van der Waals surface area contributed by atoms with Gasteiger partial charge in [-0.1, -0.05) is 12.1 Å². The van der Waals surface area contributed by atoms with Gasteiger partial charge in [0.05, 0.1) is 28.4 Å². The van der Waals surface area contributed by atoms with Crippen molar-refractivity contribution in [3.63, 3.8) is 0 Å². The second kappa shape index (κ2) is 9.62. The summed E-state index contributed by atoms with van der Waals surface area (Å²) < 4.78 is 114. The Hall–Kier alpha value is -3.85. The molecule has 1 aromatic heterocycles. The van der Waals surface area contributed by atoms with Crippen LogP contribution in [0.4, 0.5) is 32.0 Å². The van der Waals surface area contributed by atoms with Gasteiger partial charge in [0.2, 0.25) is 0 Å². The molecule has 0 spiro atoms. The molecule has 0 unspecified atom stereocenters. The van der Waals surface area contributed by atoms with E-state index in [4.69, 9.17) is 10.5 Å². The highest BCUT2D eigenvalue weighted by molar-refractivity contribution is 7.92. The molecule has 3 aromatic rings. The van der Waals surface area contributed by atoms with Crippen molar-refractivity contribution in [3.8, 4) is 17.0 Å². The third-order valence-electron chi connectivity index (χ3n) is 7.14. The molecule has 0 amide bonds. The second-order valence-corrected chi connectivity index (χ2v) is 11.8. The Labute approximate surface area is 229 Å². The maximum absolute atomic E-state index is 13.8. The third kappa shape index (κ3) is 5.30. The molecule has 2 aliphatic rings. The number of pyridine rings is 1. The molecular formula is C26H21F6N3O5S. The number of carboxylic acids is 1. The Bertz CT molecular complexity index is 1620. The van der Waals surface area contributed by atoms with Gasteiger partial charge in [-0.15, -0.1) is 0 Å². The number of anilines is 1. The summed E-state index contributed by atoms with van der Waals surface area (Å²) in [7, 11) is -4.68. The number of carboxylic acid groups (broad SMARTS) is 1. The molecule has 0 radical (unpaired) electrons. The van der Waals surface area contributed by atoms with Crippen molar-refractivity contribution in [1.29, 1.82) is 0 Å². The summed E-state index contributed by atoms with van der Waals surface area (Å²) in [6.07, 6.45) is -10.5. The quantitative estimate of drug-likeness (QED) is 0.398. The van der Waals surface area contributed by atoms with Crippen LogP contribution < -0.4 is 14.8 Å². The summed E-state index contributed by atoms with van der Waals surface area (Å²) in [4.78, 5) is 14.4. The fourth-order valence-electron chi connectivity index (χ4n) is 4.93. The van der Waals surface area contributed by atoms with E-state index in [1.54, 1.807) is 0 Å². The van der Waals surface area contributed by atoms with Crippen LogP contribution in [0.3, 0.4) is 0 Å². The molecule has 41 heavy (non-hydrogen) atoms. The number of halogens is 6. The van der Waals surface area contributed by atoms with E-state index in [9.17, 15) is 44.7 Å². The predicted molar refractivity (Wildman–Crippen MR) is 132 cm³/mol. The molecule has 0 saturated heterocycles. The minimum Gasteiger partial charge on any atom is -0.486 e. The molecule has 1 saturated carbocycles. The van der Waals surface area contributed by atoms with Gasteiger partial charge in [-0.2, -0.15) is 26.3 Å². The first-order valence-electron chi connectivity index (χ1n) is 12.1. The SMILES string of the molecule is NC1(C(=O)O)CC([C@H]2CN(S(=O)(=O)c3cccc(C(F)(F)F)c3)c3cc(-c4cccc(C(F)(F)F)n4)ccc3O2)C1. The van der Waals surface area contributed by atoms with Gasteiger partial charge in [0.25, 0.3) is 10.0 Å². The highest BCUT2D eigenvalue weighted by atomic mass is 32.2. The van der Waals surface area contributed by atoms with Crippen LogP contribution in [0.1, 0.15) is 24.1 Å².